The normalized spacial score (nSPS) is 10.6. The van der Waals surface area contributed by atoms with E-state index in [-0.39, 0.29) is 5.82 Å². The van der Waals surface area contributed by atoms with Gasteiger partial charge >= 0.3 is 5.82 Å². The van der Waals surface area contributed by atoms with Crippen molar-refractivity contribution in [3.8, 4) is 0 Å². The molecule has 0 atom stereocenters. The lowest BCUT2D eigenvalue weighted by atomic mass is 10.6. The predicted octanol–water partition coefficient (Wildman–Crippen LogP) is 1.22. The molecule has 0 radical (unpaired) electrons. The van der Waals surface area contributed by atoms with Crippen LogP contribution < -0.4 is 0 Å². The van der Waals surface area contributed by atoms with Crippen molar-refractivity contribution in [1.29, 1.82) is 0 Å². The maximum atomic E-state index is 10.1. The van der Waals surface area contributed by atoms with Crippen LogP contribution in [0.4, 0.5) is 5.82 Å². The Bertz CT molecular complexity index is 294. The van der Waals surface area contributed by atoms with E-state index in [4.69, 9.17) is 0 Å². The molecule has 5 nitrogen and oxygen atoms in total. The predicted molar refractivity (Wildman–Crippen MR) is 43.3 cm³/mol. The van der Waals surface area contributed by atoms with E-state index in [1.807, 2.05) is 0 Å². The summed E-state index contributed by atoms with van der Waals surface area (Å²) in [7, 11) is 0. The van der Waals surface area contributed by atoms with Gasteiger partial charge < -0.3 is 10.1 Å². The molecule has 0 aliphatic rings. The van der Waals surface area contributed by atoms with E-state index in [0.29, 0.717) is 5.82 Å². The van der Waals surface area contributed by atoms with E-state index in [9.17, 15) is 10.1 Å². The monoisotopic (exact) mass is 171 g/mol. The summed E-state index contributed by atoms with van der Waals surface area (Å²) in [6.45, 7) is 0. The molecule has 0 spiro atoms. The molecular weight excluding hydrogens is 166 g/mol. The number of imidazole rings is 1. The largest absolute Gasteiger partial charge is 0.358 e. The zero-order valence-electron chi connectivity index (χ0n) is 5.39. The summed E-state index contributed by atoms with van der Waals surface area (Å²) in [5, 5.41) is 11.6. The number of thiol groups is 1. The molecule has 1 rings (SSSR count). The molecule has 1 heterocycles. The van der Waals surface area contributed by atoms with Crippen molar-refractivity contribution in [3.05, 3.63) is 27.5 Å². The van der Waals surface area contributed by atoms with Crippen LogP contribution in [0.2, 0.25) is 0 Å². The van der Waals surface area contributed by atoms with E-state index in [1.54, 1.807) is 0 Å². The summed E-state index contributed by atoms with van der Waals surface area (Å²) >= 11 is 3.78. The molecule has 0 saturated carbocycles. The molecule has 0 amide bonds. The van der Waals surface area contributed by atoms with E-state index in [0.717, 1.165) is 6.20 Å². The lowest BCUT2D eigenvalue weighted by molar-refractivity contribution is -0.389. The highest BCUT2D eigenvalue weighted by Crippen LogP contribution is 2.06. The number of H-pyrrole nitrogens is 1. The number of hydrogen-bond donors (Lipinski definition) is 2. The number of nitrogens with zero attached hydrogens (tertiary/aromatic N) is 2. The van der Waals surface area contributed by atoms with Gasteiger partial charge in [-0.1, -0.05) is 0 Å². The molecule has 58 valence electrons. The van der Waals surface area contributed by atoms with Crippen molar-refractivity contribution < 1.29 is 4.92 Å². The van der Waals surface area contributed by atoms with Crippen LogP contribution in [0.3, 0.4) is 0 Å². The van der Waals surface area contributed by atoms with Crippen LogP contribution in [0.25, 0.3) is 6.08 Å². The molecule has 0 aliphatic carbocycles. The summed E-state index contributed by atoms with van der Waals surface area (Å²) in [6, 6.07) is 0. The Morgan fingerprint density at radius 2 is 2.55 bits per heavy atom. The maximum absolute atomic E-state index is 10.1. The molecule has 1 aromatic rings. The second-order valence-corrected chi connectivity index (χ2v) is 2.02. The fourth-order valence-electron chi connectivity index (χ4n) is 0.575. The Labute approximate surface area is 67.7 Å². The third-order valence-electron chi connectivity index (χ3n) is 1.01. The number of nitro groups is 1. The molecule has 1 aromatic heterocycles. The third-order valence-corrected chi connectivity index (χ3v) is 1.16. The molecule has 0 aliphatic heterocycles. The topological polar surface area (TPSA) is 71.8 Å². The van der Waals surface area contributed by atoms with Gasteiger partial charge in [0, 0.05) is 6.08 Å². The first-order valence-corrected chi connectivity index (χ1v) is 3.26. The van der Waals surface area contributed by atoms with Crippen molar-refractivity contribution in [2.75, 3.05) is 0 Å². The molecule has 0 saturated heterocycles. The van der Waals surface area contributed by atoms with Crippen molar-refractivity contribution in [3.63, 3.8) is 0 Å². The van der Waals surface area contributed by atoms with Crippen LogP contribution in [0.15, 0.2) is 11.6 Å². The highest BCUT2D eigenvalue weighted by atomic mass is 32.1. The minimum Gasteiger partial charge on any atom is -0.358 e. The van der Waals surface area contributed by atoms with Gasteiger partial charge in [0.15, 0.2) is 0 Å². The molecule has 6 heteroatoms. The minimum atomic E-state index is -0.539. The van der Waals surface area contributed by atoms with Gasteiger partial charge in [0.2, 0.25) is 5.82 Å². The van der Waals surface area contributed by atoms with Gasteiger partial charge in [0.1, 0.15) is 6.20 Å². The van der Waals surface area contributed by atoms with Crippen LogP contribution >= 0.6 is 12.6 Å². The fourth-order valence-corrected chi connectivity index (χ4v) is 0.716. The van der Waals surface area contributed by atoms with Crippen LogP contribution in [-0.2, 0) is 0 Å². The summed E-state index contributed by atoms with van der Waals surface area (Å²) in [5.41, 5.74) is 0. The SMILES string of the molecule is O=[N+]([O-])c1cnc(/C=C/S)[nH]1. The van der Waals surface area contributed by atoms with Gasteiger partial charge in [-0.05, 0) is 10.3 Å². The van der Waals surface area contributed by atoms with Crippen LogP contribution in [-0.4, -0.2) is 14.9 Å². The van der Waals surface area contributed by atoms with Gasteiger partial charge in [0.25, 0.3) is 0 Å². The fraction of sp³-hybridized carbons (Fsp3) is 0. The quantitative estimate of drug-likeness (QED) is 0.399. The first kappa shape index (κ1) is 7.80. The Morgan fingerprint density at radius 3 is 3.00 bits per heavy atom. The Kier molecular flexibility index (Phi) is 2.27. The Hall–Kier alpha value is -1.30. The van der Waals surface area contributed by atoms with Gasteiger partial charge in [0.05, 0.1) is 0 Å². The summed E-state index contributed by atoms with van der Waals surface area (Å²) in [4.78, 5) is 15.7. The van der Waals surface area contributed by atoms with E-state index in [1.165, 1.54) is 11.5 Å². The van der Waals surface area contributed by atoms with Gasteiger partial charge in [-0.15, -0.1) is 0 Å². The van der Waals surface area contributed by atoms with E-state index in [2.05, 4.69) is 22.6 Å². The highest BCUT2D eigenvalue weighted by molar-refractivity contribution is 7.83. The molecule has 0 bridgehead atoms. The number of aromatic nitrogens is 2. The smallest absolute Gasteiger partial charge is 0.340 e. The van der Waals surface area contributed by atoms with Crippen molar-refractivity contribution in [2.45, 2.75) is 0 Å². The minimum absolute atomic E-state index is 0.119. The summed E-state index contributed by atoms with van der Waals surface area (Å²) in [6.07, 6.45) is 2.68. The third kappa shape index (κ3) is 1.81. The number of hydrogen-bond acceptors (Lipinski definition) is 4. The first-order valence-electron chi connectivity index (χ1n) is 2.74. The lowest BCUT2D eigenvalue weighted by Gasteiger charge is -1.84. The zero-order valence-corrected chi connectivity index (χ0v) is 6.28. The Morgan fingerprint density at radius 1 is 1.82 bits per heavy atom. The number of aromatic amines is 1. The van der Waals surface area contributed by atoms with Gasteiger partial charge in [-0.3, -0.25) is 0 Å². The van der Waals surface area contributed by atoms with Gasteiger partial charge in [-0.2, -0.15) is 12.6 Å². The maximum Gasteiger partial charge on any atom is 0.340 e. The van der Waals surface area contributed by atoms with Crippen molar-refractivity contribution in [1.82, 2.24) is 9.97 Å². The van der Waals surface area contributed by atoms with Crippen molar-refractivity contribution in [2.24, 2.45) is 0 Å². The summed E-state index contributed by atoms with van der Waals surface area (Å²) in [5.74, 6) is 0.304. The Balaban J connectivity index is 2.90. The van der Waals surface area contributed by atoms with Crippen LogP contribution in [0.1, 0.15) is 5.82 Å². The molecule has 11 heavy (non-hydrogen) atoms. The molecule has 0 fully saturated rings. The summed E-state index contributed by atoms with van der Waals surface area (Å²) < 4.78 is 0. The van der Waals surface area contributed by atoms with Crippen LogP contribution in [0.5, 0.6) is 0 Å². The average Bonchev–Trinajstić information content (AvgIpc) is 2.37. The van der Waals surface area contributed by atoms with E-state index >= 15 is 0 Å². The van der Waals surface area contributed by atoms with E-state index < -0.39 is 4.92 Å². The highest BCUT2D eigenvalue weighted by Gasteiger charge is 2.06. The zero-order chi connectivity index (χ0) is 8.27. The second-order valence-electron chi connectivity index (χ2n) is 1.73. The molecular formula is C5H5N3O2S. The van der Waals surface area contributed by atoms with Crippen LogP contribution in [0, 0.1) is 10.1 Å². The number of nitrogens with one attached hydrogen (secondary N) is 1. The first-order chi connectivity index (χ1) is 5.24. The second kappa shape index (κ2) is 3.20. The number of rotatable bonds is 2. The van der Waals surface area contributed by atoms with Crippen molar-refractivity contribution >= 4 is 24.5 Å². The standard InChI is InChI=1S/C5H5N3O2S/c9-8(10)5-3-6-4(7-5)1-2-11/h1-3,11H,(H,6,7)/b2-1+. The molecule has 0 aromatic carbocycles. The average molecular weight is 171 g/mol. The van der Waals surface area contributed by atoms with Gasteiger partial charge in [-0.25, -0.2) is 9.97 Å². The lowest BCUT2D eigenvalue weighted by Crippen LogP contribution is -1.86. The molecule has 0 unspecified atom stereocenters. The molecule has 1 N–H and O–H groups in total.